The molecule has 1 heterocycles. The molecule has 3 aromatic carbocycles. The molecule has 0 aromatic heterocycles. The maximum absolute atomic E-state index is 12.7. The first-order valence-electron chi connectivity index (χ1n) is 8.21. The van der Waals surface area contributed by atoms with E-state index in [1.54, 1.807) is 29.4 Å². The zero-order chi connectivity index (χ0) is 18.9. The Kier molecular flexibility index (Phi) is 4.50. The van der Waals surface area contributed by atoms with Gasteiger partial charge >= 0.3 is 5.84 Å². The van der Waals surface area contributed by atoms with Crippen molar-refractivity contribution in [3.8, 4) is 0 Å². The normalized spacial score (nSPS) is 19.1. The second-order valence-electron chi connectivity index (χ2n) is 5.83. The van der Waals surface area contributed by atoms with Gasteiger partial charge in [-0.15, -0.1) is 0 Å². The third-order valence-corrected chi connectivity index (χ3v) is 4.90. The number of halogens is 1. The number of nitro groups is 1. The summed E-state index contributed by atoms with van der Waals surface area (Å²) in [7, 11) is 0. The average Bonchev–Trinajstić information content (AvgIpc) is 3.04. The van der Waals surface area contributed by atoms with E-state index in [1.165, 1.54) is 3.33 Å². The van der Waals surface area contributed by atoms with Gasteiger partial charge in [-0.1, -0.05) is 63.0 Å². The molecule has 1 aliphatic heterocycles. The summed E-state index contributed by atoms with van der Waals surface area (Å²) in [5.41, 5.74) is 1.81. The third-order valence-electron chi connectivity index (χ3n) is 4.27. The van der Waals surface area contributed by atoms with Crippen LogP contribution in [-0.2, 0) is 0 Å². The van der Waals surface area contributed by atoms with E-state index in [0.29, 0.717) is 22.8 Å². The third kappa shape index (κ3) is 2.73. The van der Waals surface area contributed by atoms with Crippen molar-refractivity contribution < 1.29 is 5.03 Å². The number of amidine groups is 1. The number of hydrazone groups is 1. The molecule has 0 saturated carbocycles. The standard InChI is InChI=1S/C19H15IN5O2/c20-23-21-19(16-10-4-1-5-11-16)25(24(26)27,18-14-8-3-9-15-18)22(23)17-12-6-2-7-13-17/h1-15H/q+1. The molecule has 0 aliphatic carbocycles. The molecule has 0 radical (unpaired) electrons. The van der Waals surface area contributed by atoms with Crippen molar-refractivity contribution in [2.24, 2.45) is 5.10 Å². The highest BCUT2D eigenvalue weighted by atomic mass is 127. The first-order chi connectivity index (χ1) is 13.2. The molecule has 0 N–H and O–H groups in total. The van der Waals surface area contributed by atoms with Gasteiger partial charge in [0.2, 0.25) is 5.69 Å². The van der Waals surface area contributed by atoms with Crippen molar-refractivity contribution in [2.45, 2.75) is 0 Å². The zero-order valence-corrected chi connectivity index (χ0v) is 16.2. The fourth-order valence-electron chi connectivity index (χ4n) is 3.14. The van der Waals surface area contributed by atoms with E-state index in [2.05, 4.69) is 5.10 Å². The van der Waals surface area contributed by atoms with E-state index in [9.17, 15) is 10.1 Å². The Balaban J connectivity index is 2.02. The van der Waals surface area contributed by atoms with Crippen LogP contribution in [0.4, 0.5) is 11.4 Å². The van der Waals surface area contributed by atoms with Crippen molar-refractivity contribution in [3.05, 3.63) is 107 Å². The molecular weight excluding hydrogens is 457 g/mol. The highest BCUT2D eigenvalue weighted by molar-refractivity contribution is 14.1. The van der Waals surface area contributed by atoms with Gasteiger partial charge in [0.1, 0.15) is 28.6 Å². The Hall–Kier alpha value is -2.98. The van der Waals surface area contributed by atoms with Crippen molar-refractivity contribution in [2.75, 3.05) is 5.12 Å². The largest absolute Gasteiger partial charge is 0.351 e. The highest BCUT2D eigenvalue weighted by Gasteiger charge is 2.64. The summed E-state index contributed by atoms with van der Waals surface area (Å²) in [6.07, 6.45) is 0. The molecule has 0 spiro atoms. The Morgan fingerprint density at radius 2 is 1.37 bits per heavy atom. The maximum atomic E-state index is 12.7. The van der Waals surface area contributed by atoms with Gasteiger partial charge in [-0.25, -0.2) is 10.1 Å². The van der Waals surface area contributed by atoms with Gasteiger partial charge in [0.15, 0.2) is 4.70 Å². The number of quaternary nitrogens is 1. The molecule has 0 fully saturated rings. The average molecular weight is 472 g/mol. The molecule has 4 rings (SSSR count). The predicted molar refractivity (Wildman–Crippen MR) is 113 cm³/mol. The number of hydrogen-bond donors (Lipinski definition) is 0. The highest BCUT2D eigenvalue weighted by Crippen LogP contribution is 2.40. The zero-order valence-electron chi connectivity index (χ0n) is 14.1. The van der Waals surface area contributed by atoms with Gasteiger partial charge in [-0.3, -0.25) is 0 Å². The Bertz CT molecular complexity index is 985. The summed E-state index contributed by atoms with van der Waals surface area (Å²) in [4.78, 5) is 12.7. The van der Waals surface area contributed by atoms with Gasteiger partial charge in [-0.2, -0.15) is 0 Å². The van der Waals surface area contributed by atoms with E-state index >= 15 is 0 Å². The molecular formula is C19H15IN5O2+. The van der Waals surface area contributed by atoms with Crippen LogP contribution in [0, 0.1) is 10.1 Å². The van der Waals surface area contributed by atoms with Gasteiger partial charge in [0, 0.05) is 12.1 Å². The van der Waals surface area contributed by atoms with Crippen LogP contribution in [0.2, 0.25) is 0 Å². The van der Waals surface area contributed by atoms with E-state index in [-0.39, 0.29) is 5.03 Å². The molecule has 1 unspecified atom stereocenters. The van der Waals surface area contributed by atoms with Crippen LogP contribution in [-0.4, -0.2) is 14.2 Å². The smallest absolute Gasteiger partial charge is 0.205 e. The molecule has 1 atom stereocenters. The monoisotopic (exact) mass is 472 g/mol. The Labute approximate surface area is 169 Å². The van der Waals surface area contributed by atoms with Crippen molar-refractivity contribution in [1.82, 2.24) is 8.03 Å². The van der Waals surface area contributed by atoms with Crippen LogP contribution in [0.1, 0.15) is 5.56 Å². The summed E-state index contributed by atoms with van der Waals surface area (Å²) in [5.74, 6) is 0.310. The van der Waals surface area contributed by atoms with E-state index in [0.717, 1.165) is 0 Å². The Morgan fingerprint density at radius 3 is 1.93 bits per heavy atom. The molecule has 0 amide bonds. The minimum atomic E-state index is -0.780. The molecule has 27 heavy (non-hydrogen) atoms. The Morgan fingerprint density at radius 1 is 0.852 bits per heavy atom. The number of nitrogens with zero attached hydrogens (tertiary/aromatic N) is 5. The second-order valence-corrected chi connectivity index (χ2v) is 6.69. The van der Waals surface area contributed by atoms with Gasteiger partial charge < -0.3 is 0 Å². The quantitative estimate of drug-likeness (QED) is 0.184. The molecule has 0 bridgehead atoms. The lowest BCUT2D eigenvalue weighted by molar-refractivity contribution is -0.620. The molecule has 7 nitrogen and oxygen atoms in total. The first kappa shape index (κ1) is 17.4. The molecule has 3 aromatic rings. The fraction of sp³-hybridized carbons (Fsp3) is 0. The van der Waals surface area contributed by atoms with Crippen molar-refractivity contribution in [3.63, 3.8) is 0 Å². The molecule has 8 heteroatoms. The van der Waals surface area contributed by atoms with Crippen molar-refractivity contribution in [1.29, 1.82) is 0 Å². The SMILES string of the molecule is O=[N+]([O-])[N+]1(c2ccccc2)C(c2ccccc2)=NN(I)N1c1ccccc1. The summed E-state index contributed by atoms with van der Waals surface area (Å²) < 4.78 is 0.711. The van der Waals surface area contributed by atoms with Crippen LogP contribution in [0.5, 0.6) is 0 Å². The van der Waals surface area contributed by atoms with Crippen molar-refractivity contribution >= 4 is 40.1 Å². The number of benzene rings is 3. The fourth-order valence-corrected chi connectivity index (χ4v) is 3.87. The summed E-state index contributed by atoms with van der Waals surface area (Å²) in [5, 5.41) is 18.5. The van der Waals surface area contributed by atoms with Crippen LogP contribution < -0.4 is 9.82 Å². The van der Waals surface area contributed by atoms with Gasteiger partial charge in [-0.05, 0) is 29.4 Å². The van der Waals surface area contributed by atoms with E-state index in [1.807, 2.05) is 89.6 Å². The number of hydrogen-bond acceptors (Lipinski definition) is 5. The number of anilines is 1. The summed E-state index contributed by atoms with van der Waals surface area (Å²) >= 11 is 1.98. The molecule has 0 saturated heterocycles. The molecule has 1 aliphatic rings. The predicted octanol–water partition coefficient (Wildman–Crippen LogP) is 4.55. The van der Waals surface area contributed by atoms with Gasteiger partial charge in [0.05, 0.1) is 5.56 Å². The number of hydrazine groups is 1. The lowest BCUT2D eigenvalue weighted by Gasteiger charge is -2.30. The summed E-state index contributed by atoms with van der Waals surface area (Å²) in [6.45, 7) is 0. The first-order valence-corrected chi connectivity index (χ1v) is 9.18. The van der Waals surface area contributed by atoms with Gasteiger partial charge in [0.25, 0.3) is 5.03 Å². The number of para-hydroxylation sites is 2. The maximum Gasteiger partial charge on any atom is 0.351 e. The second kappa shape index (κ2) is 6.97. The lowest BCUT2D eigenvalue weighted by atomic mass is 10.2. The van der Waals surface area contributed by atoms with Crippen LogP contribution in [0.15, 0.2) is 96.1 Å². The van der Waals surface area contributed by atoms with E-state index < -0.39 is 4.70 Å². The topological polar surface area (TPSA) is 62.0 Å². The van der Waals surface area contributed by atoms with Crippen LogP contribution >= 0.6 is 22.9 Å². The minimum Gasteiger partial charge on any atom is -0.205 e. The minimum absolute atomic E-state index is 0.310. The van der Waals surface area contributed by atoms with E-state index in [4.69, 9.17) is 0 Å². The van der Waals surface area contributed by atoms with Crippen LogP contribution in [0.25, 0.3) is 0 Å². The number of rotatable bonds is 4. The van der Waals surface area contributed by atoms with Crippen LogP contribution in [0.3, 0.4) is 0 Å². The summed E-state index contributed by atoms with van der Waals surface area (Å²) in [6, 6.07) is 27.4. The molecule has 134 valence electrons. The lowest BCUT2D eigenvalue weighted by Crippen LogP contribution is -2.67.